The van der Waals surface area contributed by atoms with Crippen molar-refractivity contribution in [2.24, 2.45) is 0 Å². The molecule has 144 valence electrons. The zero-order valence-electron chi connectivity index (χ0n) is 15.6. The molecule has 6 heteroatoms. The molecule has 1 saturated heterocycles. The molecule has 1 N–H and O–H groups in total. The SMILES string of the molecule is O=C(CSc1ncnc2ccccc12)NCC1(c2ccccc2)CCOCC1. The maximum atomic E-state index is 12.6. The average molecular weight is 394 g/mol. The van der Waals surface area contributed by atoms with E-state index in [-0.39, 0.29) is 11.3 Å². The van der Waals surface area contributed by atoms with Crippen molar-refractivity contribution in [3.8, 4) is 0 Å². The van der Waals surface area contributed by atoms with Gasteiger partial charge in [-0.2, -0.15) is 0 Å². The van der Waals surface area contributed by atoms with Gasteiger partial charge in [0.15, 0.2) is 0 Å². The van der Waals surface area contributed by atoms with Gasteiger partial charge in [0.2, 0.25) is 5.91 Å². The topological polar surface area (TPSA) is 64.1 Å². The second-order valence-corrected chi connectivity index (χ2v) is 7.98. The minimum Gasteiger partial charge on any atom is -0.381 e. The number of amides is 1. The van der Waals surface area contributed by atoms with E-state index in [0.717, 1.165) is 42.0 Å². The summed E-state index contributed by atoms with van der Waals surface area (Å²) in [5.41, 5.74) is 2.11. The van der Waals surface area contributed by atoms with Crippen LogP contribution in [0.25, 0.3) is 10.9 Å². The number of fused-ring (bicyclic) bond motifs is 1. The summed E-state index contributed by atoms with van der Waals surface area (Å²) in [5, 5.41) is 4.97. The lowest BCUT2D eigenvalue weighted by molar-refractivity contribution is -0.119. The van der Waals surface area contributed by atoms with Gasteiger partial charge in [0, 0.05) is 30.6 Å². The first-order valence-electron chi connectivity index (χ1n) is 9.49. The molecular formula is C22H23N3O2S. The Kier molecular flexibility index (Phi) is 5.88. The van der Waals surface area contributed by atoms with E-state index in [1.54, 1.807) is 6.33 Å². The van der Waals surface area contributed by atoms with Crippen LogP contribution in [0.4, 0.5) is 0 Å². The molecular weight excluding hydrogens is 370 g/mol. The van der Waals surface area contributed by atoms with Gasteiger partial charge in [-0.15, -0.1) is 0 Å². The number of aromatic nitrogens is 2. The van der Waals surface area contributed by atoms with Gasteiger partial charge in [-0.3, -0.25) is 4.79 Å². The highest BCUT2D eigenvalue weighted by atomic mass is 32.2. The highest BCUT2D eigenvalue weighted by Crippen LogP contribution is 2.34. The molecule has 0 radical (unpaired) electrons. The molecule has 1 amide bonds. The van der Waals surface area contributed by atoms with Gasteiger partial charge in [0.25, 0.3) is 0 Å². The van der Waals surface area contributed by atoms with Crippen molar-refractivity contribution >= 4 is 28.6 Å². The summed E-state index contributed by atoms with van der Waals surface area (Å²) in [7, 11) is 0. The second-order valence-electron chi connectivity index (χ2n) is 7.02. The predicted molar refractivity (Wildman–Crippen MR) is 111 cm³/mol. The van der Waals surface area contributed by atoms with Crippen molar-refractivity contribution in [1.29, 1.82) is 0 Å². The Morgan fingerprint density at radius 3 is 2.61 bits per heavy atom. The molecule has 0 atom stereocenters. The van der Waals surface area contributed by atoms with Gasteiger partial charge in [0.1, 0.15) is 11.4 Å². The van der Waals surface area contributed by atoms with Crippen molar-refractivity contribution in [2.75, 3.05) is 25.5 Å². The average Bonchev–Trinajstić information content (AvgIpc) is 2.77. The van der Waals surface area contributed by atoms with Crippen LogP contribution < -0.4 is 5.32 Å². The lowest BCUT2D eigenvalue weighted by Crippen LogP contribution is -2.45. The van der Waals surface area contributed by atoms with Gasteiger partial charge in [-0.25, -0.2) is 9.97 Å². The van der Waals surface area contributed by atoms with Crippen LogP contribution in [0.2, 0.25) is 0 Å². The van der Waals surface area contributed by atoms with Crippen LogP contribution >= 0.6 is 11.8 Å². The van der Waals surface area contributed by atoms with Crippen LogP contribution in [-0.2, 0) is 14.9 Å². The normalized spacial score (nSPS) is 16.0. The Morgan fingerprint density at radius 1 is 1.04 bits per heavy atom. The van der Waals surface area contributed by atoms with E-state index in [1.165, 1.54) is 17.3 Å². The van der Waals surface area contributed by atoms with Gasteiger partial charge >= 0.3 is 0 Å². The van der Waals surface area contributed by atoms with Crippen molar-refractivity contribution in [3.63, 3.8) is 0 Å². The number of rotatable bonds is 6. The highest BCUT2D eigenvalue weighted by Gasteiger charge is 2.34. The van der Waals surface area contributed by atoms with Crippen LogP contribution in [0.5, 0.6) is 0 Å². The molecule has 0 aliphatic carbocycles. The summed E-state index contributed by atoms with van der Waals surface area (Å²) < 4.78 is 5.57. The first-order valence-corrected chi connectivity index (χ1v) is 10.5. The number of carbonyl (C=O) groups is 1. The van der Waals surface area contributed by atoms with E-state index < -0.39 is 0 Å². The number of hydrogen-bond acceptors (Lipinski definition) is 5. The summed E-state index contributed by atoms with van der Waals surface area (Å²) in [6.07, 6.45) is 3.39. The third-order valence-electron chi connectivity index (χ3n) is 5.31. The van der Waals surface area contributed by atoms with E-state index in [0.29, 0.717) is 12.3 Å². The van der Waals surface area contributed by atoms with Gasteiger partial charge < -0.3 is 10.1 Å². The molecule has 2 aromatic carbocycles. The Labute approximate surface area is 168 Å². The summed E-state index contributed by atoms with van der Waals surface area (Å²) >= 11 is 1.45. The fourth-order valence-electron chi connectivity index (χ4n) is 3.67. The predicted octanol–water partition coefficient (Wildman–Crippen LogP) is 3.59. The Bertz CT molecular complexity index is 937. The third kappa shape index (κ3) is 4.18. The van der Waals surface area contributed by atoms with Crippen LogP contribution in [0.3, 0.4) is 0 Å². The van der Waals surface area contributed by atoms with Gasteiger partial charge in [0.05, 0.1) is 11.3 Å². The fourth-order valence-corrected chi connectivity index (χ4v) is 4.49. The highest BCUT2D eigenvalue weighted by molar-refractivity contribution is 8.00. The molecule has 5 nitrogen and oxygen atoms in total. The van der Waals surface area contributed by atoms with Gasteiger partial charge in [-0.1, -0.05) is 60.3 Å². The summed E-state index contributed by atoms with van der Waals surface area (Å²) in [5.74, 6) is 0.358. The maximum absolute atomic E-state index is 12.6. The van der Waals surface area contributed by atoms with Crippen LogP contribution in [0, 0.1) is 0 Å². The lowest BCUT2D eigenvalue weighted by Gasteiger charge is -2.38. The minimum absolute atomic E-state index is 0.0227. The number of nitrogens with one attached hydrogen (secondary N) is 1. The largest absolute Gasteiger partial charge is 0.381 e. The van der Waals surface area contributed by atoms with E-state index in [4.69, 9.17) is 4.74 Å². The summed E-state index contributed by atoms with van der Waals surface area (Å²) in [4.78, 5) is 21.2. The lowest BCUT2D eigenvalue weighted by atomic mass is 9.74. The molecule has 1 aromatic heterocycles. The number of thioether (sulfide) groups is 1. The summed E-state index contributed by atoms with van der Waals surface area (Å²) in [6.45, 7) is 2.09. The van der Waals surface area contributed by atoms with Crippen molar-refractivity contribution in [1.82, 2.24) is 15.3 Å². The van der Waals surface area contributed by atoms with Crippen molar-refractivity contribution < 1.29 is 9.53 Å². The molecule has 0 saturated carbocycles. The van der Waals surface area contributed by atoms with Crippen LogP contribution in [0.1, 0.15) is 18.4 Å². The smallest absolute Gasteiger partial charge is 0.230 e. The molecule has 3 aromatic rings. The van der Waals surface area contributed by atoms with Gasteiger partial charge in [-0.05, 0) is 24.5 Å². The zero-order chi connectivity index (χ0) is 19.2. The number of benzene rings is 2. The Hall–Kier alpha value is -2.44. The first-order chi connectivity index (χ1) is 13.8. The van der Waals surface area contributed by atoms with E-state index >= 15 is 0 Å². The maximum Gasteiger partial charge on any atom is 0.230 e. The summed E-state index contributed by atoms with van der Waals surface area (Å²) in [6, 6.07) is 18.3. The number of nitrogens with zero attached hydrogens (tertiary/aromatic N) is 2. The molecule has 0 unspecified atom stereocenters. The van der Waals surface area contributed by atoms with Crippen LogP contribution in [-0.4, -0.2) is 41.4 Å². The molecule has 1 fully saturated rings. The third-order valence-corrected chi connectivity index (χ3v) is 6.31. The van der Waals surface area contributed by atoms with Crippen molar-refractivity contribution in [2.45, 2.75) is 23.3 Å². The quantitative estimate of drug-likeness (QED) is 0.512. The van der Waals surface area contributed by atoms with Crippen LogP contribution in [0.15, 0.2) is 66.0 Å². The zero-order valence-corrected chi connectivity index (χ0v) is 16.5. The first kappa shape index (κ1) is 18.9. The van der Waals surface area contributed by atoms with Crippen molar-refractivity contribution in [3.05, 3.63) is 66.5 Å². The Balaban J connectivity index is 1.40. The fraction of sp³-hybridized carbons (Fsp3) is 0.318. The number of hydrogen-bond donors (Lipinski definition) is 1. The standard InChI is InChI=1S/C22H23N3O2S/c26-20(14-28-21-18-8-4-5-9-19(18)24-16-25-21)23-15-22(10-12-27-13-11-22)17-6-2-1-3-7-17/h1-9,16H,10-15H2,(H,23,26). The second kappa shape index (κ2) is 8.71. The molecule has 28 heavy (non-hydrogen) atoms. The molecule has 1 aliphatic heterocycles. The molecule has 0 bridgehead atoms. The minimum atomic E-state index is -0.0541. The van der Waals surface area contributed by atoms with E-state index in [1.807, 2.05) is 30.3 Å². The van der Waals surface area contributed by atoms with E-state index in [9.17, 15) is 4.79 Å². The molecule has 2 heterocycles. The molecule has 4 rings (SSSR count). The number of carbonyl (C=O) groups excluding carboxylic acids is 1. The number of ether oxygens (including phenoxy) is 1. The monoisotopic (exact) mass is 393 g/mol. The Morgan fingerprint density at radius 2 is 1.79 bits per heavy atom. The van der Waals surface area contributed by atoms with E-state index in [2.05, 4.69) is 39.6 Å². The molecule has 1 aliphatic rings. The molecule has 0 spiro atoms. The number of para-hydroxylation sites is 1.